The van der Waals surface area contributed by atoms with Crippen molar-refractivity contribution in [2.24, 2.45) is 0 Å². The number of carbonyl (C=O) groups excluding carboxylic acids is 1. The lowest BCUT2D eigenvalue weighted by Crippen LogP contribution is -2.53. The highest BCUT2D eigenvalue weighted by atomic mass is 19.1. The predicted molar refractivity (Wildman–Crippen MR) is 101 cm³/mol. The molecule has 2 aromatic rings. The van der Waals surface area contributed by atoms with Gasteiger partial charge in [-0.15, -0.1) is 0 Å². The molecule has 26 heavy (non-hydrogen) atoms. The molecule has 0 unspecified atom stereocenters. The molecule has 2 amide bonds. The summed E-state index contributed by atoms with van der Waals surface area (Å²) in [6.07, 6.45) is 1.99. The van der Waals surface area contributed by atoms with Crippen molar-refractivity contribution in [1.29, 1.82) is 0 Å². The molecule has 0 aromatic heterocycles. The van der Waals surface area contributed by atoms with E-state index < -0.39 is 0 Å². The molecule has 2 fully saturated rings. The molecule has 2 aliphatic rings. The van der Waals surface area contributed by atoms with Gasteiger partial charge in [0.2, 0.25) is 0 Å². The molecule has 1 heterocycles. The van der Waals surface area contributed by atoms with E-state index in [9.17, 15) is 9.18 Å². The fourth-order valence-electron chi connectivity index (χ4n) is 3.59. The number of amides is 2. The molecule has 0 radical (unpaired) electrons. The predicted octanol–water partition coefficient (Wildman–Crippen LogP) is 3.66. The normalized spacial score (nSPS) is 18.5. The van der Waals surface area contributed by atoms with Gasteiger partial charge in [-0.1, -0.05) is 29.8 Å². The van der Waals surface area contributed by atoms with Crippen molar-refractivity contribution >= 4 is 11.7 Å². The van der Waals surface area contributed by atoms with Crippen LogP contribution in [0.5, 0.6) is 0 Å². The third-order valence-corrected chi connectivity index (χ3v) is 5.46. The molecule has 1 aliphatic heterocycles. The zero-order valence-corrected chi connectivity index (χ0v) is 15.0. The molecule has 0 bridgehead atoms. The van der Waals surface area contributed by atoms with Crippen LogP contribution in [0.3, 0.4) is 0 Å². The van der Waals surface area contributed by atoms with Gasteiger partial charge >= 0.3 is 6.03 Å². The number of anilines is 1. The molecule has 4 rings (SSSR count). The average molecular weight is 353 g/mol. The number of halogens is 1. The van der Waals surface area contributed by atoms with Crippen molar-refractivity contribution in [2.45, 2.75) is 25.3 Å². The van der Waals surface area contributed by atoms with Crippen LogP contribution >= 0.6 is 0 Å². The Kier molecular flexibility index (Phi) is 4.31. The summed E-state index contributed by atoms with van der Waals surface area (Å²) in [5, 5.41) is 3.25. The molecule has 0 spiro atoms. The quantitative estimate of drug-likeness (QED) is 0.914. The summed E-state index contributed by atoms with van der Waals surface area (Å²) < 4.78 is 13.1. The Bertz CT molecular complexity index is 776. The fraction of sp³-hybridized carbons (Fsp3) is 0.381. The average Bonchev–Trinajstić information content (AvgIpc) is 3.43. The van der Waals surface area contributed by atoms with Gasteiger partial charge in [-0.2, -0.15) is 0 Å². The van der Waals surface area contributed by atoms with Crippen LogP contribution < -0.4 is 10.2 Å². The van der Waals surface area contributed by atoms with E-state index in [1.807, 2.05) is 4.90 Å². The summed E-state index contributed by atoms with van der Waals surface area (Å²) in [7, 11) is 0. The van der Waals surface area contributed by atoms with Crippen molar-refractivity contribution in [1.82, 2.24) is 10.2 Å². The maximum atomic E-state index is 13.1. The van der Waals surface area contributed by atoms with Gasteiger partial charge < -0.3 is 15.1 Å². The van der Waals surface area contributed by atoms with Crippen LogP contribution in [-0.4, -0.2) is 37.1 Å². The number of urea groups is 1. The van der Waals surface area contributed by atoms with Gasteiger partial charge in [0.1, 0.15) is 5.82 Å². The zero-order chi connectivity index (χ0) is 18.1. The standard InChI is InChI=1S/C21H24FN3O/c1-16-2-4-17(5-3-16)21(10-11-21)23-20(26)25-14-12-24(13-15-25)19-8-6-18(22)7-9-19/h2-9H,10-15H2,1H3,(H,23,26). The van der Waals surface area contributed by atoms with Crippen LogP contribution in [-0.2, 0) is 5.54 Å². The minimum absolute atomic E-state index is 0.0156. The Morgan fingerprint density at radius 1 is 0.962 bits per heavy atom. The van der Waals surface area contributed by atoms with Gasteiger partial charge in [0.05, 0.1) is 5.54 Å². The maximum Gasteiger partial charge on any atom is 0.318 e. The van der Waals surface area contributed by atoms with Gasteiger partial charge in [0, 0.05) is 31.9 Å². The minimum Gasteiger partial charge on any atom is -0.368 e. The second-order valence-corrected chi connectivity index (χ2v) is 7.33. The van der Waals surface area contributed by atoms with Crippen molar-refractivity contribution in [3.8, 4) is 0 Å². The summed E-state index contributed by atoms with van der Waals surface area (Å²) in [5.74, 6) is -0.224. The van der Waals surface area contributed by atoms with Crippen LogP contribution in [0.4, 0.5) is 14.9 Å². The minimum atomic E-state index is -0.224. The Labute approximate surface area is 153 Å². The molecule has 1 saturated heterocycles. The lowest BCUT2D eigenvalue weighted by Gasteiger charge is -2.37. The molecule has 2 aromatic carbocycles. The number of aryl methyl sites for hydroxylation is 1. The number of piperazine rings is 1. The first-order valence-electron chi connectivity index (χ1n) is 9.21. The highest BCUT2D eigenvalue weighted by molar-refractivity contribution is 5.76. The van der Waals surface area contributed by atoms with Crippen LogP contribution in [0.1, 0.15) is 24.0 Å². The Hall–Kier alpha value is -2.56. The fourth-order valence-corrected chi connectivity index (χ4v) is 3.59. The topological polar surface area (TPSA) is 35.6 Å². The van der Waals surface area contributed by atoms with Gasteiger partial charge in [-0.3, -0.25) is 0 Å². The lowest BCUT2D eigenvalue weighted by molar-refractivity contribution is 0.189. The summed E-state index contributed by atoms with van der Waals surface area (Å²) in [4.78, 5) is 16.8. The van der Waals surface area contributed by atoms with E-state index in [2.05, 4.69) is 41.4 Å². The smallest absolute Gasteiger partial charge is 0.318 e. The Morgan fingerprint density at radius 2 is 1.58 bits per heavy atom. The van der Waals surface area contributed by atoms with Crippen LogP contribution in [0.15, 0.2) is 48.5 Å². The molecule has 1 N–H and O–H groups in total. The van der Waals surface area contributed by atoms with E-state index in [-0.39, 0.29) is 17.4 Å². The molecule has 1 saturated carbocycles. The van der Waals surface area contributed by atoms with Crippen molar-refractivity contribution in [3.63, 3.8) is 0 Å². The first-order valence-corrected chi connectivity index (χ1v) is 9.21. The number of nitrogens with one attached hydrogen (secondary N) is 1. The van der Waals surface area contributed by atoms with Crippen molar-refractivity contribution in [2.75, 3.05) is 31.1 Å². The van der Waals surface area contributed by atoms with Crippen LogP contribution in [0.25, 0.3) is 0 Å². The van der Waals surface area contributed by atoms with Crippen LogP contribution in [0.2, 0.25) is 0 Å². The van der Waals surface area contributed by atoms with Crippen molar-refractivity contribution < 1.29 is 9.18 Å². The third-order valence-electron chi connectivity index (χ3n) is 5.46. The number of hydrogen-bond acceptors (Lipinski definition) is 2. The van der Waals surface area contributed by atoms with E-state index in [1.165, 1.54) is 23.3 Å². The third kappa shape index (κ3) is 3.39. The maximum absolute atomic E-state index is 13.1. The SMILES string of the molecule is Cc1ccc(C2(NC(=O)N3CCN(c4ccc(F)cc4)CC3)CC2)cc1. The molecule has 4 nitrogen and oxygen atoms in total. The molecule has 5 heteroatoms. The number of nitrogens with zero attached hydrogens (tertiary/aromatic N) is 2. The van der Waals surface area contributed by atoms with E-state index in [0.717, 1.165) is 31.6 Å². The number of hydrogen-bond donors (Lipinski definition) is 1. The monoisotopic (exact) mass is 353 g/mol. The first-order chi connectivity index (χ1) is 12.6. The molecular weight excluding hydrogens is 329 g/mol. The summed E-state index contributed by atoms with van der Waals surface area (Å²) in [6.45, 7) is 4.94. The summed E-state index contributed by atoms with van der Waals surface area (Å²) >= 11 is 0. The second-order valence-electron chi connectivity index (χ2n) is 7.33. The zero-order valence-electron chi connectivity index (χ0n) is 15.0. The highest BCUT2D eigenvalue weighted by Crippen LogP contribution is 2.45. The van der Waals surface area contributed by atoms with Gasteiger partial charge in [-0.25, -0.2) is 9.18 Å². The number of carbonyl (C=O) groups is 1. The first kappa shape index (κ1) is 16.9. The lowest BCUT2D eigenvalue weighted by atomic mass is 10.0. The number of rotatable bonds is 3. The molecule has 136 valence electrons. The summed E-state index contributed by atoms with van der Waals surface area (Å²) in [6, 6.07) is 15.0. The van der Waals surface area contributed by atoms with Gasteiger partial charge in [-0.05, 0) is 49.6 Å². The Morgan fingerprint density at radius 3 is 2.15 bits per heavy atom. The molecule has 1 aliphatic carbocycles. The largest absolute Gasteiger partial charge is 0.368 e. The van der Waals surface area contributed by atoms with E-state index in [4.69, 9.17) is 0 Å². The van der Waals surface area contributed by atoms with E-state index in [1.54, 1.807) is 12.1 Å². The van der Waals surface area contributed by atoms with E-state index >= 15 is 0 Å². The van der Waals surface area contributed by atoms with Gasteiger partial charge in [0.25, 0.3) is 0 Å². The van der Waals surface area contributed by atoms with Gasteiger partial charge in [0.15, 0.2) is 0 Å². The molecule has 0 atom stereocenters. The highest BCUT2D eigenvalue weighted by Gasteiger charge is 2.46. The van der Waals surface area contributed by atoms with Crippen molar-refractivity contribution in [3.05, 3.63) is 65.5 Å². The van der Waals surface area contributed by atoms with E-state index in [0.29, 0.717) is 13.1 Å². The number of benzene rings is 2. The second kappa shape index (κ2) is 6.63. The summed E-state index contributed by atoms with van der Waals surface area (Å²) in [5.41, 5.74) is 3.25. The Balaban J connectivity index is 1.35. The molecular formula is C21H24FN3O. The van der Waals surface area contributed by atoms with Crippen LogP contribution in [0, 0.1) is 12.7 Å².